The molecule has 2 fully saturated rings. The van der Waals surface area contributed by atoms with Crippen molar-refractivity contribution in [2.75, 3.05) is 26.3 Å². The van der Waals surface area contributed by atoms with Gasteiger partial charge in [0, 0.05) is 12.6 Å². The molecule has 2 unspecified atom stereocenters. The topological polar surface area (TPSA) is 50.4 Å². The van der Waals surface area contributed by atoms with Crippen LogP contribution in [0, 0.1) is 11.3 Å². The molecule has 1 saturated carbocycles. The van der Waals surface area contributed by atoms with Crippen LogP contribution in [-0.4, -0.2) is 38.3 Å². The fraction of sp³-hybridized carbons (Fsp3) is 0.929. The Morgan fingerprint density at radius 1 is 1.33 bits per heavy atom. The molecule has 1 heterocycles. The van der Waals surface area contributed by atoms with Crippen molar-refractivity contribution >= 4 is 5.91 Å². The molecule has 1 saturated heterocycles. The Bertz CT molecular complexity index is 290. The zero-order valence-electron chi connectivity index (χ0n) is 11.6. The molecule has 0 spiro atoms. The molecule has 0 radical (unpaired) electrons. The summed E-state index contributed by atoms with van der Waals surface area (Å²) in [5.74, 6) is 0.156. The summed E-state index contributed by atoms with van der Waals surface area (Å²) in [6.45, 7) is 7.24. The van der Waals surface area contributed by atoms with Gasteiger partial charge in [0.25, 0.3) is 0 Å². The maximum absolute atomic E-state index is 12.2. The van der Waals surface area contributed by atoms with Crippen LogP contribution in [0.2, 0.25) is 0 Å². The first-order chi connectivity index (χ1) is 8.71. The minimum atomic E-state index is -0.0117. The number of nitrogens with one attached hydrogen (secondary N) is 2. The molecule has 4 heteroatoms. The zero-order chi connectivity index (χ0) is 13.0. The highest BCUT2D eigenvalue weighted by atomic mass is 16.5. The monoisotopic (exact) mass is 254 g/mol. The smallest absolute Gasteiger partial charge is 0.227 e. The van der Waals surface area contributed by atoms with E-state index in [4.69, 9.17) is 4.74 Å². The second kappa shape index (κ2) is 6.02. The normalized spacial score (nSPS) is 29.2. The molecule has 0 bridgehead atoms. The summed E-state index contributed by atoms with van der Waals surface area (Å²) in [6.07, 6.45) is 5.01. The molecule has 2 atom stereocenters. The number of amides is 1. The Balaban J connectivity index is 1.77. The lowest BCUT2D eigenvalue weighted by Gasteiger charge is -2.20. The van der Waals surface area contributed by atoms with Crippen molar-refractivity contribution in [3.8, 4) is 0 Å². The second-order valence-corrected chi connectivity index (χ2v) is 5.78. The molecule has 2 aliphatic rings. The Morgan fingerprint density at radius 3 is 2.72 bits per heavy atom. The first-order valence-electron chi connectivity index (χ1n) is 7.29. The van der Waals surface area contributed by atoms with Crippen LogP contribution in [0.3, 0.4) is 0 Å². The molecule has 2 rings (SSSR count). The van der Waals surface area contributed by atoms with Crippen molar-refractivity contribution in [2.45, 2.75) is 45.6 Å². The zero-order valence-corrected chi connectivity index (χ0v) is 11.6. The molecule has 2 N–H and O–H groups in total. The van der Waals surface area contributed by atoms with Crippen molar-refractivity contribution in [1.82, 2.24) is 10.6 Å². The summed E-state index contributed by atoms with van der Waals surface area (Å²) < 4.78 is 5.42. The van der Waals surface area contributed by atoms with Crippen LogP contribution in [-0.2, 0) is 9.53 Å². The summed E-state index contributed by atoms with van der Waals surface area (Å²) in [4.78, 5) is 12.2. The van der Waals surface area contributed by atoms with E-state index in [9.17, 15) is 4.79 Å². The molecule has 104 valence electrons. The van der Waals surface area contributed by atoms with Gasteiger partial charge in [-0.15, -0.1) is 0 Å². The van der Waals surface area contributed by atoms with Crippen molar-refractivity contribution in [3.63, 3.8) is 0 Å². The lowest BCUT2D eigenvalue weighted by Crippen LogP contribution is -2.45. The molecule has 0 aromatic rings. The standard InChI is InChI=1S/C14H26N2O2/c1-3-5-14(6-7-14)10-16-13(17)11-8-18-9-12(11)15-4-2/h11-12,15H,3-10H2,1-2H3,(H,16,17). The molecular formula is C14H26N2O2. The van der Waals surface area contributed by atoms with Gasteiger partial charge in [-0.3, -0.25) is 4.79 Å². The number of rotatable bonds is 7. The molecule has 0 aromatic heterocycles. The van der Waals surface area contributed by atoms with Gasteiger partial charge in [0.05, 0.1) is 19.1 Å². The van der Waals surface area contributed by atoms with Crippen LogP contribution < -0.4 is 10.6 Å². The molecule has 0 aromatic carbocycles. The van der Waals surface area contributed by atoms with Gasteiger partial charge in [-0.05, 0) is 31.2 Å². The quantitative estimate of drug-likeness (QED) is 0.720. The number of hydrogen-bond acceptors (Lipinski definition) is 3. The van der Waals surface area contributed by atoms with Gasteiger partial charge >= 0.3 is 0 Å². The van der Waals surface area contributed by atoms with Crippen LogP contribution in [0.1, 0.15) is 39.5 Å². The molecule has 1 amide bonds. The van der Waals surface area contributed by atoms with Crippen LogP contribution >= 0.6 is 0 Å². The number of carbonyl (C=O) groups excluding carboxylic acids is 1. The summed E-state index contributed by atoms with van der Waals surface area (Å²) in [5.41, 5.74) is 0.428. The Kier molecular flexibility index (Phi) is 4.62. The van der Waals surface area contributed by atoms with E-state index in [-0.39, 0.29) is 17.9 Å². The lowest BCUT2D eigenvalue weighted by atomic mass is 9.99. The Labute approximate surface area is 110 Å². The minimum absolute atomic E-state index is 0.0117. The third kappa shape index (κ3) is 3.23. The van der Waals surface area contributed by atoms with E-state index < -0.39 is 0 Å². The predicted octanol–water partition coefficient (Wildman–Crippen LogP) is 1.31. The first kappa shape index (κ1) is 13.8. The van der Waals surface area contributed by atoms with E-state index in [0.717, 1.165) is 13.1 Å². The summed E-state index contributed by atoms with van der Waals surface area (Å²) in [7, 11) is 0. The van der Waals surface area contributed by atoms with Crippen LogP contribution in [0.4, 0.5) is 0 Å². The van der Waals surface area contributed by atoms with Crippen LogP contribution in [0.15, 0.2) is 0 Å². The van der Waals surface area contributed by atoms with Crippen molar-refractivity contribution < 1.29 is 9.53 Å². The Hall–Kier alpha value is -0.610. The van der Waals surface area contributed by atoms with E-state index in [2.05, 4.69) is 24.5 Å². The van der Waals surface area contributed by atoms with Crippen molar-refractivity contribution in [1.29, 1.82) is 0 Å². The highest BCUT2D eigenvalue weighted by Gasteiger charge is 2.42. The average molecular weight is 254 g/mol. The highest BCUT2D eigenvalue weighted by Crippen LogP contribution is 2.48. The largest absolute Gasteiger partial charge is 0.379 e. The lowest BCUT2D eigenvalue weighted by molar-refractivity contribution is -0.125. The molecule has 1 aliphatic heterocycles. The van der Waals surface area contributed by atoms with E-state index in [1.54, 1.807) is 0 Å². The summed E-state index contributed by atoms with van der Waals surface area (Å²) >= 11 is 0. The van der Waals surface area contributed by atoms with Crippen LogP contribution in [0.5, 0.6) is 0 Å². The molecule has 4 nitrogen and oxygen atoms in total. The van der Waals surface area contributed by atoms with E-state index >= 15 is 0 Å². The third-order valence-electron chi connectivity index (χ3n) is 4.26. The minimum Gasteiger partial charge on any atom is -0.379 e. The average Bonchev–Trinajstić information content (AvgIpc) is 2.96. The van der Waals surface area contributed by atoms with E-state index in [1.165, 1.54) is 25.7 Å². The van der Waals surface area contributed by atoms with Gasteiger partial charge in [0.2, 0.25) is 5.91 Å². The Morgan fingerprint density at radius 2 is 2.11 bits per heavy atom. The van der Waals surface area contributed by atoms with Gasteiger partial charge < -0.3 is 15.4 Å². The number of hydrogen-bond donors (Lipinski definition) is 2. The molecule has 18 heavy (non-hydrogen) atoms. The highest BCUT2D eigenvalue weighted by molar-refractivity contribution is 5.80. The van der Waals surface area contributed by atoms with Gasteiger partial charge in [-0.2, -0.15) is 0 Å². The maximum Gasteiger partial charge on any atom is 0.227 e. The van der Waals surface area contributed by atoms with E-state index in [1.807, 2.05) is 0 Å². The number of carbonyl (C=O) groups is 1. The summed E-state index contributed by atoms with van der Waals surface area (Å²) in [5, 5.41) is 6.47. The molecule has 1 aliphatic carbocycles. The van der Waals surface area contributed by atoms with Gasteiger partial charge in [-0.1, -0.05) is 20.3 Å². The van der Waals surface area contributed by atoms with Gasteiger partial charge in [0.15, 0.2) is 0 Å². The SMILES string of the molecule is CCCC1(CNC(=O)C2COCC2NCC)CC1. The predicted molar refractivity (Wildman–Crippen MR) is 71.4 cm³/mol. The third-order valence-corrected chi connectivity index (χ3v) is 4.26. The maximum atomic E-state index is 12.2. The van der Waals surface area contributed by atoms with Crippen LogP contribution in [0.25, 0.3) is 0 Å². The van der Waals surface area contributed by atoms with E-state index in [0.29, 0.717) is 18.6 Å². The fourth-order valence-corrected chi connectivity index (χ4v) is 2.90. The van der Waals surface area contributed by atoms with Gasteiger partial charge in [0.1, 0.15) is 0 Å². The molecular weight excluding hydrogens is 228 g/mol. The second-order valence-electron chi connectivity index (χ2n) is 5.78. The van der Waals surface area contributed by atoms with Gasteiger partial charge in [-0.25, -0.2) is 0 Å². The van der Waals surface area contributed by atoms with Crippen molar-refractivity contribution in [3.05, 3.63) is 0 Å². The van der Waals surface area contributed by atoms with Crippen molar-refractivity contribution in [2.24, 2.45) is 11.3 Å². The number of likely N-dealkylation sites (N-methyl/N-ethyl adjacent to an activating group) is 1. The fourth-order valence-electron chi connectivity index (χ4n) is 2.90. The number of ether oxygens (including phenoxy) is 1. The first-order valence-corrected chi connectivity index (χ1v) is 7.29. The summed E-state index contributed by atoms with van der Waals surface area (Å²) in [6, 6.07) is 0.191.